The van der Waals surface area contributed by atoms with E-state index < -0.39 is 5.54 Å². The number of nitrogens with zero attached hydrogens (tertiary/aromatic N) is 2. The van der Waals surface area contributed by atoms with Crippen LogP contribution in [0.3, 0.4) is 0 Å². The van der Waals surface area contributed by atoms with E-state index in [1.54, 1.807) is 18.3 Å². The molecule has 0 unspecified atom stereocenters. The Bertz CT molecular complexity index is 420. The normalized spacial score (nSPS) is 11.2. The van der Waals surface area contributed by atoms with Crippen molar-refractivity contribution in [1.82, 2.24) is 10.3 Å². The maximum absolute atomic E-state index is 12.2. The Morgan fingerprint density at radius 2 is 2.05 bits per heavy atom. The van der Waals surface area contributed by atoms with Gasteiger partial charge in [-0.05, 0) is 25.0 Å². The second-order valence-corrected chi connectivity index (χ2v) is 4.90. The number of amides is 1. The molecule has 1 aromatic heterocycles. The molecule has 19 heavy (non-hydrogen) atoms. The fraction of sp³-hybridized carbons (Fsp3) is 0.571. The van der Waals surface area contributed by atoms with Crippen LogP contribution in [0, 0.1) is 0 Å². The Morgan fingerprint density at radius 3 is 2.53 bits per heavy atom. The highest BCUT2D eigenvalue weighted by molar-refractivity contribution is 5.95. The minimum atomic E-state index is -0.543. The third-order valence-electron chi connectivity index (χ3n) is 3.50. The van der Waals surface area contributed by atoms with Gasteiger partial charge in [-0.15, -0.1) is 0 Å². The van der Waals surface area contributed by atoms with Gasteiger partial charge in [-0.1, -0.05) is 13.8 Å². The molecule has 0 saturated carbocycles. The van der Waals surface area contributed by atoms with Gasteiger partial charge in [-0.2, -0.15) is 0 Å². The molecule has 1 heterocycles. The fourth-order valence-electron chi connectivity index (χ4n) is 1.81. The number of aromatic nitrogens is 1. The van der Waals surface area contributed by atoms with Crippen LogP contribution in [0.5, 0.6) is 0 Å². The minimum Gasteiger partial charge on any atom is -0.394 e. The molecule has 5 heteroatoms. The number of hydrogen-bond acceptors (Lipinski definition) is 4. The first-order valence-electron chi connectivity index (χ1n) is 6.54. The summed E-state index contributed by atoms with van der Waals surface area (Å²) in [7, 11) is 3.75. The minimum absolute atomic E-state index is 0.0582. The Kier molecular flexibility index (Phi) is 5.30. The first kappa shape index (κ1) is 15.4. The molecule has 0 radical (unpaired) electrons. The molecule has 0 bridgehead atoms. The highest BCUT2D eigenvalue weighted by Gasteiger charge is 2.27. The van der Waals surface area contributed by atoms with E-state index in [-0.39, 0.29) is 12.5 Å². The highest BCUT2D eigenvalue weighted by atomic mass is 16.3. The molecular formula is C14H23N3O2. The van der Waals surface area contributed by atoms with Crippen LogP contribution in [0.1, 0.15) is 37.0 Å². The van der Waals surface area contributed by atoms with E-state index in [2.05, 4.69) is 10.3 Å². The maximum atomic E-state index is 12.2. The smallest absolute Gasteiger partial charge is 0.251 e. The zero-order chi connectivity index (χ0) is 14.5. The van der Waals surface area contributed by atoms with E-state index in [1.165, 1.54) is 0 Å². The molecule has 0 saturated heterocycles. The van der Waals surface area contributed by atoms with Crippen molar-refractivity contribution < 1.29 is 9.90 Å². The van der Waals surface area contributed by atoms with Crippen molar-refractivity contribution >= 4 is 11.7 Å². The lowest BCUT2D eigenvalue weighted by Gasteiger charge is -2.30. The summed E-state index contributed by atoms with van der Waals surface area (Å²) in [6.07, 6.45) is 3.00. The van der Waals surface area contributed by atoms with E-state index in [1.807, 2.05) is 32.8 Å². The summed E-state index contributed by atoms with van der Waals surface area (Å²) >= 11 is 0. The molecule has 0 atom stereocenters. The molecule has 0 aliphatic heterocycles. The van der Waals surface area contributed by atoms with Crippen molar-refractivity contribution in [2.75, 3.05) is 25.6 Å². The number of nitrogens with one attached hydrogen (secondary N) is 1. The van der Waals surface area contributed by atoms with Crippen molar-refractivity contribution in [1.29, 1.82) is 0 Å². The number of anilines is 1. The second kappa shape index (κ2) is 6.52. The first-order chi connectivity index (χ1) is 8.98. The molecule has 1 amide bonds. The number of rotatable bonds is 6. The van der Waals surface area contributed by atoms with Crippen molar-refractivity contribution in [2.24, 2.45) is 0 Å². The summed E-state index contributed by atoms with van der Waals surface area (Å²) in [4.78, 5) is 18.3. The van der Waals surface area contributed by atoms with E-state index >= 15 is 0 Å². The molecule has 0 spiro atoms. The van der Waals surface area contributed by atoms with Crippen LogP contribution in [0.25, 0.3) is 0 Å². The molecule has 106 valence electrons. The van der Waals surface area contributed by atoms with Crippen molar-refractivity contribution in [3.63, 3.8) is 0 Å². The van der Waals surface area contributed by atoms with Crippen LogP contribution in [0.15, 0.2) is 18.3 Å². The quantitative estimate of drug-likeness (QED) is 0.816. The van der Waals surface area contributed by atoms with Gasteiger partial charge in [-0.25, -0.2) is 4.98 Å². The SMILES string of the molecule is CCC(CC)(CO)NC(=O)c1ccnc(N(C)C)c1. The topological polar surface area (TPSA) is 65.5 Å². The van der Waals surface area contributed by atoms with Crippen molar-refractivity contribution in [3.05, 3.63) is 23.9 Å². The average molecular weight is 265 g/mol. The monoisotopic (exact) mass is 265 g/mol. The van der Waals surface area contributed by atoms with Crippen LogP contribution in [0.2, 0.25) is 0 Å². The average Bonchev–Trinajstić information content (AvgIpc) is 2.45. The zero-order valence-electron chi connectivity index (χ0n) is 12.1. The van der Waals surface area contributed by atoms with Crippen molar-refractivity contribution in [3.8, 4) is 0 Å². The number of hydrogen-bond donors (Lipinski definition) is 2. The Morgan fingerprint density at radius 1 is 1.42 bits per heavy atom. The van der Waals surface area contributed by atoms with Gasteiger partial charge in [0, 0.05) is 25.9 Å². The van der Waals surface area contributed by atoms with Crippen LogP contribution in [-0.2, 0) is 0 Å². The summed E-state index contributed by atoms with van der Waals surface area (Å²) in [5.41, 5.74) is 0.0111. The number of aliphatic hydroxyl groups excluding tert-OH is 1. The van der Waals surface area contributed by atoms with Gasteiger partial charge in [-0.3, -0.25) is 4.79 Å². The lowest BCUT2D eigenvalue weighted by molar-refractivity contribution is 0.0818. The maximum Gasteiger partial charge on any atom is 0.251 e. The Labute approximate surface area is 114 Å². The van der Waals surface area contributed by atoms with Crippen LogP contribution in [0.4, 0.5) is 5.82 Å². The first-order valence-corrected chi connectivity index (χ1v) is 6.54. The van der Waals surface area contributed by atoms with E-state index in [4.69, 9.17) is 0 Å². The molecule has 0 aliphatic carbocycles. The molecule has 0 aliphatic rings. The fourth-order valence-corrected chi connectivity index (χ4v) is 1.81. The van der Waals surface area contributed by atoms with Crippen molar-refractivity contribution in [2.45, 2.75) is 32.2 Å². The molecule has 1 rings (SSSR count). The molecular weight excluding hydrogens is 242 g/mol. The van der Waals surface area contributed by atoms with Crippen LogP contribution in [-0.4, -0.2) is 42.2 Å². The van der Waals surface area contributed by atoms with Gasteiger partial charge >= 0.3 is 0 Å². The second-order valence-electron chi connectivity index (χ2n) is 4.90. The summed E-state index contributed by atoms with van der Waals surface area (Å²) in [5.74, 6) is 0.554. The third kappa shape index (κ3) is 3.67. The molecule has 1 aromatic rings. The summed E-state index contributed by atoms with van der Waals surface area (Å²) in [5, 5.41) is 12.4. The molecule has 2 N–H and O–H groups in total. The molecule has 5 nitrogen and oxygen atoms in total. The summed E-state index contributed by atoms with van der Waals surface area (Å²) in [6.45, 7) is 3.85. The zero-order valence-corrected chi connectivity index (χ0v) is 12.1. The summed E-state index contributed by atoms with van der Waals surface area (Å²) in [6, 6.07) is 3.42. The predicted molar refractivity (Wildman–Crippen MR) is 76.4 cm³/mol. The third-order valence-corrected chi connectivity index (χ3v) is 3.50. The predicted octanol–water partition coefficient (Wildman–Crippen LogP) is 1.43. The number of aliphatic hydroxyl groups is 1. The van der Waals surface area contributed by atoms with E-state index in [9.17, 15) is 9.90 Å². The Hall–Kier alpha value is -1.62. The van der Waals surface area contributed by atoms with E-state index in [0.717, 1.165) is 5.82 Å². The number of carbonyl (C=O) groups is 1. The largest absolute Gasteiger partial charge is 0.394 e. The summed E-state index contributed by atoms with van der Waals surface area (Å²) < 4.78 is 0. The van der Waals surface area contributed by atoms with Crippen LogP contribution < -0.4 is 10.2 Å². The molecule has 0 fully saturated rings. The standard InChI is InChI=1S/C14H23N3O2/c1-5-14(6-2,10-18)16-13(19)11-7-8-15-12(9-11)17(3)4/h7-9,18H,5-6,10H2,1-4H3,(H,16,19). The van der Waals surface area contributed by atoms with Gasteiger partial charge in [0.15, 0.2) is 0 Å². The lowest BCUT2D eigenvalue weighted by atomic mass is 9.93. The van der Waals surface area contributed by atoms with Gasteiger partial charge < -0.3 is 15.3 Å². The molecule has 0 aromatic carbocycles. The van der Waals surface area contributed by atoms with Crippen LogP contribution >= 0.6 is 0 Å². The van der Waals surface area contributed by atoms with Gasteiger partial charge in [0.25, 0.3) is 5.91 Å². The van der Waals surface area contributed by atoms with Gasteiger partial charge in [0.2, 0.25) is 0 Å². The lowest BCUT2D eigenvalue weighted by Crippen LogP contribution is -2.50. The highest BCUT2D eigenvalue weighted by Crippen LogP contribution is 2.16. The van der Waals surface area contributed by atoms with Gasteiger partial charge in [0.1, 0.15) is 5.82 Å². The number of carbonyl (C=O) groups excluding carboxylic acids is 1. The number of pyridine rings is 1. The Balaban J connectivity index is 2.91. The van der Waals surface area contributed by atoms with Gasteiger partial charge in [0.05, 0.1) is 12.1 Å². The van der Waals surface area contributed by atoms with E-state index in [0.29, 0.717) is 18.4 Å².